The summed E-state index contributed by atoms with van der Waals surface area (Å²) in [5.41, 5.74) is 8.00. The van der Waals surface area contributed by atoms with Crippen molar-refractivity contribution >= 4 is 5.82 Å². The Labute approximate surface area is 104 Å². The van der Waals surface area contributed by atoms with Crippen molar-refractivity contribution in [2.24, 2.45) is 12.8 Å². The molecule has 0 aliphatic carbocycles. The molecule has 0 atom stereocenters. The van der Waals surface area contributed by atoms with Gasteiger partial charge in [-0.3, -0.25) is 4.68 Å². The number of nitrogens with two attached hydrogens (primary N) is 1. The van der Waals surface area contributed by atoms with Gasteiger partial charge in [-0.2, -0.15) is 5.10 Å². The van der Waals surface area contributed by atoms with Gasteiger partial charge in [-0.1, -0.05) is 0 Å². The number of ether oxygens (including phenoxy) is 1. The molecule has 0 fully saturated rings. The van der Waals surface area contributed by atoms with Gasteiger partial charge in [0.15, 0.2) is 0 Å². The molecule has 0 saturated heterocycles. The summed E-state index contributed by atoms with van der Waals surface area (Å²) in [6.07, 6.45) is 0.874. The van der Waals surface area contributed by atoms with Gasteiger partial charge in [0, 0.05) is 32.8 Å². The van der Waals surface area contributed by atoms with Crippen LogP contribution >= 0.6 is 0 Å². The third kappa shape index (κ3) is 3.20. The lowest BCUT2D eigenvalue weighted by atomic mass is 10.1. The Morgan fingerprint density at radius 2 is 2.18 bits per heavy atom. The van der Waals surface area contributed by atoms with Crippen molar-refractivity contribution < 1.29 is 4.74 Å². The smallest absolute Gasteiger partial charge is 0.130 e. The van der Waals surface area contributed by atoms with Crippen LogP contribution in [0.5, 0.6) is 0 Å². The molecule has 1 aromatic heterocycles. The predicted octanol–water partition coefficient (Wildman–Crippen LogP) is 0.702. The normalized spacial score (nSPS) is 10.9. The summed E-state index contributed by atoms with van der Waals surface area (Å²) in [5, 5.41) is 4.49. The van der Waals surface area contributed by atoms with E-state index in [1.165, 1.54) is 11.4 Å². The zero-order chi connectivity index (χ0) is 12.8. The van der Waals surface area contributed by atoms with Crippen molar-refractivity contribution in [3.8, 4) is 0 Å². The van der Waals surface area contributed by atoms with Crippen LogP contribution in [0, 0.1) is 6.92 Å². The van der Waals surface area contributed by atoms with Crippen molar-refractivity contribution in [3.63, 3.8) is 0 Å². The van der Waals surface area contributed by atoms with Crippen molar-refractivity contribution in [1.29, 1.82) is 0 Å². The van der Waals surface area contributed by atoms with E-state index in [4.69, 9.17) is 10.5 Å². The average Bonchev–Trinajstić information content (AvgIpc) is 2.57. The first-order valence-electron chi connectivity index (χ1n) is 6.12. The minimum absolute atomic E-state index is 0.654. The van der Waals surface area contributed by atoms with E-state index in [2.05, 4.69) is 16.9 Å². The van der Waals surface area contributed by atoms with Crippen LogP contribution in [0.1, 0.15) is 18.2 Å². The van der Waals surface area contributed by atoms with E-state index >= 15 is 0 Å². The molecule has 1 heterocycles. The van der Waals surface area contributed by atoms with Crippen LogP contribution < -0.4 is 10.6 Å². The SMILES string of the molecule is CCN(CCOC)c1c(CCN)c(C)nn1C. The Balaban J connectivity index is 2.99. The molecule has 1 rings (SSSR count). The average molecular weight is 240 g/mol. The fourth-order valence-electron chi connectivity index (χ4n) is 2.14. The zero-order valence-corrected chi connectivity index (χ0v) is 11.4. The van der Waals surface area contributed by atoms with Gasteiger partial charge >= 0.3 is 0 Å². The van der Waals surface area contributed by atoms with Crippen molar-refractivity contribution in [1.82, 2.24) is 9.78 Å². The summed E-state index contributed by atoms with van der Waals surface area (Å²) in [5.74, 6) is 1.17. The lowest BCUT2D eigenvalue weighted by molar-refractivity contribution is 0.205. The minimum atomic E-state index is 0.654. The molecular weight excluding hydrogens is 216 g/mol. The largest absolute Gasteiger partial charge is 0.383 e. The summed E-state index contributed by atoms with van der Waals surface area (Å²) in [6, 6.07) is 0. The van der Waals surface area contributed by atoms with Gasteiger partial charge in [-0.15, -0.1) is 0 Å². The number of aryl methyl sites for hydroxylation is 2. The highest BCUT2D eigenvalue weighted by atomic mass is 16.5. The molecule has 17 heavy (non-hydrogen) atoms. The topological polar surface area (TPSA) is 56.3 Å². The van der Waals surface area contributed by atoms with Gasteiger partial charge in [0.05, 0.1) is 12.3 Å². The molecule has 0 radical (unpaired) electrons. The molecule has 5 heteroatoms. The number of methoxy groups -OCH3 is 1. The third-order valence-electron chi connectivity index (χ3n) is 2.95. The van der Waals surface area contributed by atoms with Crippen LogP contribution in [0.25, 0.3) is 0 Å². The molecule has 5 nitrogen and oxygen atoms in total. The second-order valence-corrected chi connectivity index (χ2v) is 4.12. The van der Waals surface area contributed by atoms with E-state index in [1.807, 2.05) is 18.7 Å². The van der Waals surface area contributed by atoms with Crippen LogP contribution in [0.2, 0.25) is 0 Å². The molecule has 0 saturated carbocycles. The maximum absolute atomic E-state index is 5.67. The summed E-state index contributed by atoms with van der Waals surface area (Å²) < 4.78 is 7.09. The van der Waals surface area contributed by atoms with Gasteiger partial charge in [0.2, 0.25) is 0 Å². The monoisotopic (exact) mass is 240 g/mol. The highest BCUT2D eigenvalue weighted by Gasteiger charge is 2.17. The molecule has 2 N–H and O–H groups in total. The Bertz CT molecular complexity index is 349. The van der Waals surface area contributed by atoms with Crippen molar-refractivity contribution in [2.75, 3.05) is 38.3 Å². The molecule has 0 spiro atoms. The Morgan fingerprint density at radius 3 is 2.71 bits per heavy atom. The van der Waals surface area contributed by atoms with Crippen LogP contribution in [0.15, 0.2) is 0 Å². The molecule has 0 aliphatic rings. The highest BCUT2D eigenvalue weighted by Crippen LogP contribution is 2.23. The third-order valence-corrected chi connectivity index (χ3v) is 2.95. The number of nitrogens with zero attached hydrogens (tertiary/aromatic N) is 3. The first-order chi connectivity index (χ1) is 8.15. The van der Waals surface area contributed by atoms with Crippen molar-refractivity contribution in [2.45, 2.75) is 20.3 Å². The molecule has 0 aromatic carbocycles. The van der Waals surface area contributed by atoms with E-state index in [9.17, 15) is 0 Å². The second kappa shape index (κ2) is 6.61. The van der Waals surface area contributed by atoms with Gasteiger partial charge in [0.1, 0.15) is 5.82 Å². The quantitative estimate of drug-likeness (QED) is 0.762. The first-order valence-corrected chi connectivity index (χ1v) is 6.12. The lowest BCUT2D eigenvalue weighted by Crippen LogP contribution is -2.29. The van der Waals surface area contributed by atoms with Gasteiger partial charge in [-0.25, -0.2) is 0 Å². The standard InChI is InChI=1S/C12H24N4O/c1-5-16(8-9-17-4)12-11(6-7-13)10(2)14-15(12)3/h5-9,13H2,1-4H3. The van der Waals surface area contributed by atoms with Gasteiger partial charge in [-0.05, 0) is 26.8 Å². The minimum Gasteiger partial charge on any atom is -0.383 e. The molecule has 0 bridgehead atoms. The number of hydrogen-bond acceptors (Lipinski definition) is 4. The van der Waals surface area contributed by atoms with E-state index in [0.29, 0.717) is 6.54 Å². The van der Waals surface area contributed by atoms with E-state index in [-0.39, 0.29) is 0 Å². The Morgan fingerprint density at radius 1 is 1.47 bits per heavy atom. The van der Waals surface area contributed by atoms with Crippen LogP contribution in [0.4, 0.5) is 5.82 Å². The molecule has 98 valence electrons. The molecular formula is C12H24N4O. The summed E-state index contributed by atoms with van der Waals surface area (Å²) in [6.45, 7) is 7.38. The Hall–Kier alpha value is -1.07. The van der Waals surface area contributed by atoms with E-state index in [0.717, 1.165) is 31.8 Å². The fourth-order valence-corrected chi connectivity index (χ4v) is 2.14. The Kier molecular flexibility index (Phi) is 5.44. The zero-order valence-electron chi connectivity index (χ0n) is 11.4. The molecule has 1 aromatic rings. The van der Waals surface area contributed by atoms with Crippen LogP contribution in [-0.4, -0.2) is 43.1 Å². The summed E-state index contributed by atoms with van der Waals surface area (Å²) >= 11 is 0. The van der Waals surface area contributed by atoms with Crippen molar-refractivity contribution in [3.05, 3.63) is 11.3 Å². The lowest BCUT2D eigenvalue weighted by Gasteiger charge is -2.24. The summed E-state index contributed by atoms with van der Waals surface area (Å²) in [7, 11) is 3.71. The number of hydrogen-bond donors (Lipinski definition) is 1. The first kappa shape index (κ1) is 14.0. The fraction of sp³-hybridized carbons (Fsp3) is 0.750. The highest BCUT2D eigenvalue weighted by molar-refractivity contribution is 5.50. The number of likely N-dealkylation sites (N-methyl/N-ethyl adjacent to an activating group) is 1. The van der Waals surface area contributed by atoms with Gasteiger partial charge in [0.25, 0.3) is 0 Å². The molecule has 0 unspecified atom stereocenters. The molecule has 0 aliphatic heterocycles. The predicted molar refractivity (Wildman–Crippen MR) is 70.5 cm³/mol. The van der Waals surface area contributed by atoms with Crippen LogP contribution in [-0.2, 0) is 18.2 Å². The van der Waals surface area contributed by atoms with Crippen LogP contribution in [0.3, 0.4) is 0 Å². The number of aromatic nitrogens is 2. The van der Waals surface area contributed by atoms with Gasteiger partial charge < -0.3 is 15.4 Å². The summed E-state index contributed by atoms with van der Waals surface area (Å²) in [4.78, 5) is 2.29. The van der Waals surface area contributed by atoms with E-state index < -0.39 is 0 Å². The maximum Gasteiger partial charge on any atom is 0.130 e. The number of rotatable bonds is 7. The maximum atomic E-state index is 5.67. The van der Waals surface area contributed by atoms with E-state index in [1.54, 1.807) is 7.11 Å². The second-order valence-electron chi connectivity index (χ2n) is 4.12. The molecule has 0 amide bonds. The number of anilines is 1.